The molecule has 0 aliphatic heterocycles. The topological polar surface area (TPSA) is 64.0 Å². The van der Waals surface area contributed by atoms with Crippen LogP contribution in [0.4, 0.5) is 4.39 Å². The van der Waals surface area contributed by atoms with E-state index in [9.17, 15) is 14.0 Å². The van der Waals surface area contributed by atoms with E-state index in [1.54, 1.807) is 24.3 Å². The lowest BCUT2D eigenvalue weighted by molar-refractivity contribution is -0.121. The van der Waals surface area contributed by atoms with E-state index >= 15 is 0 Å². The molecule has 1 aromatic heterocycles. The monoisotopic (exact) mass is 417 g/mol. The lowest BCUT2D eigenvalue weighted by Crippen LogP contribution is -2.29. The Morgan fingerprint density at radius 2 is 2.00 bits per heavy atom. The van der Waals surface area contributed by atoms with Crippen LogP contribution >= 0.6 is 15.9 Å². The van der Waals surface area contributed by atoms with E-state index < -0.39 is 0 Å². The van der Waals surface area contributed by atoms with Gasteiger partial charge in [0.2, 0.25) is 5.91 Å². The summed E-state index contributed by atoms with van der Waals surface area (Å²) >= 11 is 3.34. The molecular formula is C19H17BrFN3O2. The smallest absolute Gasteiger partial charge is 0.261 e. The second-order valence-electron chi connectivity index (χ2n) is 6.00. The van der Waals surface area contributed by atoms with Crippen LogP contribution in [0.3, 0.4) is 0 Å². The summed E-state index contributed by atoms with van der Waals surface area (Å²) in [7, 11) is 0. The summed E-state index contributed by atoms with van der Waals surface area (Å²) in [5.41, 5.74) is 1.24. The lowest BCUT2D eigenvalue weighted by atomic mass is 10.1. The van der Waals surface area contributed by atoms with Crippen molar-refractivity contribution in [1.29, 1.82) is 0 Å². The summed E-state index contributed by atoms with van der Waals surface area (Å²) in [4.78, 5) is 28.9. The van der Waals surface area contributed by atoms with E-state index in [4.69, 9.17) is 0 Å². The zero-order valence-corrected chi connectivity index (χ0v) is 15.7. The predicted molar refractivity (Wildman–Crippen MR) is 101 cm³/mol. The molecular weight excluding hydrogens is 401 g/mol. The normalized spacial score (nSPS) is 12.1. The molecule has 0 bridgehead atoms. The molecule has 0 fully saturated rings. The summed E-state index contributed by atoms with van der Waals surface area (Å²) in [6, 6.07) is 11.0. The van der Waals surface area contributed by atoms with Crippen molar-refractivity contribution in [3.05, 3.63) is 75.0 Å². The summed E-state index contributed by atoms with van der Waals surface area (Å²) in [5, 5.41) is 3.35. The second kappa shape index (κ2) is 7.78. The number of aryl methyl sites for hydroxylation is 1. The van der Waals surface area contributed by atoms with E-state index in [-0.39, 0.29) is 36.3 Å². The number of benzene rings is 2. The van der Waals surface area contributed by atoms with Gasteiger partial charge in [-0.1, -0.05) is 28.1 Å². The van der Waals surface area contributed by atoms with Crippen LogP contribution in [0.15, 0.2) is 58.1 Å². The molecule has 3 aromatic rings. The molecule has 7 heteroatoms. The van der Waals surface area contributed by atoms with Crippen LogP contribution in [0.2, 0.25) is 0 Å². The predicted octanol–water partition coefficient (Wildman–Crippen LogP) is 3.57. The third-order valence-corrected chi connectivity index (χ3v) is 4.61. The van der Waals surface area contributed by atoms with Gasteiger partial charge in [0.15, 0.2) is 0 Å². The number of carbonyl (C=O) groups is 1. The first-order valence-corrected chi connectivity index (χ1v) is 8.93. The van der Waals surface area contributed by atoms with Gasteiger partial charge < -0.3 is 5.32 Å². The first-order valence-electron chi connectivity index (χ1n) is 8.13. The van der Waals surface area contributed by atoms with Crippen molar-refractivity contribution in [3.63, 3.8) is 0 Å². The van der Waals surface area contributed by atoms with Crippen molar-refractivity contribution in [2.45, 2.75) is 25.9 Å². The van der Waals surface area contributed by atoms with Gasteiger partial charge in [-0.3, -0.25) is 14.2 Å². The molecule has 0 aliphatic carbocycles. The maximum atomic E-state index is 13.0. The quantitative estimate of drug-likeness (QED) is 0.689. The average molecular weight is 418 g/mol. The van der Waals surface area contributed by atoms with E-state index in [0.717, 1.165) is 10.0 Å². The van der Waals surface area contributed by atoms with Crippen LogP contribution in [-0.4, -0.2) is 15.5 Å². The standard InChI is InChI=1S/C19H17BrFN3O2/c1-12(13-2-5-15(21)6-3-13)23-18(25)8-9-24-11-22-17-7-4-14(20)10-16(17)19(24)26/h2-7,10-12H,8-9H2,1H3,(H,23,25). The Morgan fingerprint density at radius 3 is 2.73 bits per heavy atom. The van der Waals surface area contributed by atoms with Gasteiger partial charge in [0.25, 0.3) is 5.56 Å². The number of hydrogen-bond donors (Lipinski definition) is 1. The Morgan fingerprint density at radius 1 is 1.27 bits per heavy atom. The summed E-state index contributed by atoms with van der Waals surface area (Å²) < 4.78 is 15.2. The Balaban J connectivity index is 1.66. The molecule has 134 valence electrons. The molecule has 1 N–H and O–H groups in total. The van der Waals surface area contributed by atoms with Crippen LogP contribution in [0.25, 0.3) is 10.9 Å². The van der Waals surface area contributed by atoms with E-state index in [2.05, 4.69) is 26.2 Å². The molecule has 1 heterocycles. The Bertz CT molecular complexity index is 1000. The highest BCUT2D eigenvalue weighted by Gasteiger charge is 2.11. The zero-order valence-electron chi connectivity index (χ0n) is 14.1. The first-order chi connectivity index (χ1) is 12.4. The van der Waals surface area contributed by atoms with Gasteiger partial charge in [-0.2, -0.15) is 0 Å². The van der Waals surface area contributed by atoms with Gasteiger partial charge in [0.05, 0.1) is 23.3 Å². The highest BCUT2D eigenvalue weighted by molar-refractivity contribution is 9.10. The van der Waals surface area contributed by atoms with Crippen LogP contribution in [0.5, 0.6) is 0 Å². The fourth-order valence-corrected chi connectivity index (χ4v) is 3.02. The number of fused-ring (bicyclic) bond motifs is 1. The lowest BCUT2D eigenvalue weighted by Gasteiger charge is -2.14. The zero-order chi connectivity index (χ0) is 18.7. The number of nitrogens with one attached hydrogen (secondary N) is 1. The molecule has 0 saturated carbocycles. The molecule has 0 aliphatic rings. The molecule has 5 nitrogen and oxygen atoms in total. The minimum atomic E-state index is -0.318. The number of rotatable bonds is 5. The summed E-state index contributed by atoms with van der Waals surface area (Å²) in [6.07, 6.45) is 1.60. The molecule has 0 saturated heterocycles. The SMILES string of the molecule is CC(NC(=O)CCn1cnc2ccc(Br)cc2c1=O)c1ccc(F)cc1. The Hall–Kier alpha value is -2.54. The molecule has 2 aromatic carbocycles. The number of hydrogen-bond acceptors (Lipinski definition) is 3. The van der Waals surface area contributed by atoms with Gasteiger partial charge in [0, 0.05) is 17.4 Å². The number of nitrogens with zero attached hydrogens (tertiary/aromatic N) is 2. The number of carbonyl (C=O) groups excluding carboxylic acids is 1. The van der Waals surface area contributed by atoms with Gasteiger partial charge in [-0.05, 0) is 42.8 Å². The average Bonchev–Trinajstić information content (AvgIpc) is 2.62. The molecule has 0 spiro atoms. The number of aromatic nitrogens is 2. The first kappa shape index (κ1) is 18.3. The number of amides is 1. The Labute approximate surface area is 158 Å². The second-order valence-corrected chi connectivity index (χ2v) is 6.91. The Kier molecular flexibility index (Phi) is 5.46. The van der Waals surface area contributed by atoms with Gasteiger partial charge in [0.1, 0.15) is 5.82 Å². The van der Waals surface area contributed by atoms with Crippen LogP contribution < -0.4 is 10.9 Å². The maximum absolute atomic E-state index is 13.0. The van der Waals surface area contributed by atoms with Gasteiger partial charge in [-0.25, -0.2) is 9.37 Å². The van der Waals surface area contributed by atoms with Gasteiger partial charge >= 0.3 is 0 Å². The molecule has 3 rings (SSSR count). The van der Waals surface area contributed by atoms with Crippen molar-refractivity contribution < 1.29 is 9.18 Å². The highest BCUT2D eigenvalue weighted by Crippen LogP contribution is 2.15. The van der Waals surface area contributed by atoms with Crippen LogP contribution in [-0.2, 0) is 11.3 Å². The summed E-state index contributed by atoms with van der Waals surface area (Å²) in [5.74, 6) is -0.509. The highest BCUT2D eigenvalue weighted by atomic mass is 79.9. The maximum Gasteiger partial charge on any atom is 0.261 e. The van der Waals surface area contributed by atoms with Gasteiger partial charge in [-0.15, -0.1) is 0 Å². The third kappa shape index (κ3) is 4.16. The van der Waals surface area contributed by atoms with E-state index in [1.165, 1.54) is 23.0 Å². The number of halogens is 2. The van der Waals surface area contributed by atoms with Crippen molar-refractivity contribution in [3.8, 4) is 0 Å². The van der Waals surface area contributed by atoms with Crippen LogP contribution in [0, 0.1) is 5.82 Å². The molecule has 26 heavy (non-hydrogen) atoms. The molecule has 1 unspecified atom stereocenters. The minimum Gasteiger partial charge on any atom is -0.350 e. The third-order valence-electron chi connectivity index (χ3n) is 4.11. The van der Waals surface area contributed by atoms with E-state index in [0.29, 0.717) is 10.9 Å². The summed E-state index contributed by atoms with van der Waals surface area (Å²) in [6.45, 7) is 2.06. The van der Waals surface area contributed by atoms with Crippen molar-refractivity contribution in [1.82, 2.24) is 14.9 Å². The van der Waals surface area contributed by atoms with Crippen molar-refractivity contribution in [2.75, 3.05) is 0 Å². The van der Waals surface area contributed by atoms with E-state index in [1.807, 2.05) is 13.0 Å². The van der Waals surface area contributed by atoms with Crippen LogP contribution in [0.1, 0.15) is 24.9 Å². The molecule has 0 radical (unpaired) electrons. The van der Waals surface area contributed by atoms with Crippen molar-refractivity contribution >= 4 is 32.7 Å². The fourth-order valence-electron chi connectivity index (χ4n) is 2.66. The largest absolute Gasteiger partial charge is 0.350 e. The minimum absolute atomic E-state index is 0.145. The molecule has 1 amide bonds. The molecule has 1 atom stereocenters. The van der Waals surface area contributed by atoms with Crippen molar-refractivity contribution in [2.24, 2.45) is 0 Å². The fraction of sp³-hybridized carbons (Fsp3) is 0.211.